The van der Waals surface area contributed by atoms with Crippen molar-refractivity contribution in [3.63, 3.8) is 0 Å². The van der Waals surface area contributed by atoms with Crippen LogP contribution in [0.5, 0.6) is 0 Å². The smallest absolute Gasteiger partial charge is 0.276 e. The number of hydrogen-bond donors (Lipinski definition) is 4. The number of hydrogen-bond acceptors (Lipinski definition) is 10. The fourth-order valence-corrected chi connectivity index (χ4v) is 9.09. The summed E-state index contributed by atoms with van der Waals surface area (Å²) in [6.45, 7) is 3.20. The van der Waals surface area contributed by atoms with Crippen LogP contribution in [-0.4, -0.2) is 110 Å². The molecule has 0 spiro atoms. The van der Waals surface area contributed by atoms with Crippen molar-refractivity contribution in [1.29, 1.82) is 0 Å². The standard InChI is InChI=1S/C41H41F2N9O7/c1-40-17-28-26(16-30(40)41(40,42)43)34(49-48-28)37(56)46-24-18-45-51(21-24)35(22-6-3-2-4-7-22)23-19-50(20-23)32(54)12-14-59-15-13-44-27-9-5-8-25-33(27)39(58)52(38(25)57)29-10-11-31(53)47-36(29)55/h2-9,18,21,23,29-30,35,44H,10-17,19-20H2,1H3,(H,46,56)(H,48,49)(H,47,53,55)/t29?,30-,35+,40+/m0/s1. The van der Waals surface area contributed by atoms with Gasteiger partial charge < -0.3 is 20.3 Å². The molecule has 4 aromatic rings. The number of nitrogens with one attached hydrogen (secondary N) is 4. The Kier molecular flexibility index (Phi) is 9.40. The predicted octanol–water partition coefficient (Wildman–Crippen LogP) is 3.20. The van der Waals surface area contributed by atoms with E-state index in [1.807, 2.05) is 30.3 Å². The second-order valence-corrected chi connectivity index (χ2v) is 16.0. The maximum atomic E-state index is 14.4. The van der Waals surface area contributed by atoms with E-state index < -0.39 is 52.8 Å². The van der Waals surface area contributed by atoms with Gasteiger partial charge in [0.1, 0.15) is 6.04 Å². The molecule has 2 aliphatic carbocycles. The lowest BCUT2D eigenvalue weighted by Gasteiger charge is -2.43. The van der Waals surface area contributed by atoms with Crippen molar-refractivity contribution < 1.29 is 42.3 Å². The van der Waals surface area contributed by atoms with Crippen LogP contribution in [0.25, 0.3) is 0 Å². The Bertz CT molecular complexity index is 2390. The molecule has 1 saturated carbocycles. The molecule has 4 atom stereocenters. The maximum Gasteiger partial charge on any atom is 0.276 e. The van der Waals surface area contributed by atoms with Crippen LogP contribution >= 0.6 is 0 Å². The van der Waals surface area contributed by atoms with Crippen LogP contribution in [0.1, 0.15) is 80.3 Å². The lowest BCUT2D eigenvalue weighted by atomic mass is 9.86. The molecule has 3 aliphatic heterocycles. The van der Waals surface area contributed by atoms with Gasteiger partial charge in [-0.15, -0.1) is 0 Å². The highest BCUT2D eigenvalue weighted by atomic mass is 19.3. The van der Waals surface area contributed by atoms with Gasteiger partial charge in [-0.05, 0) is 30.5 Å². The lowest BCUT2D eigenvalue weighted by molar-refractivity contribution is -0.139. The zero-order valence-corrected chi connectivity index (χ0v) is 32.0. The molecule has 306 valence electrons. The summed E-state index contributed by atoms with van der Waals surface area (Å²) in [6, 6.07) is 13.3. The minimum Gasteiger partial charge on any atom is -0.382 e. The van der Waals surface area contributed by atoms with Crippen LogP contribution in [0.3, 0.4) is 0 Å². The molecule has 2 saturated heterocycles. The average Bonchev–Trinajstić information content (AvgIpc) is 3.71. The second kappa shape index (κ2) is 14.5. The number of aromatic nitrogens is 4. The minimum absolute atomic E-state index is 0.0240. The first-order valence-electron chi connectivity index (χ1n) is 19.6. The minimum atomic E-state index is -2.77. The normalized spacial score (nSPS) is 23.5. The van der Waals surface area contributed by atoms with Gasteiger partial charge in [0.2, 0.25) is 17.7 Å². The molecule has 4 N–H and O–H groups in total. The zero-order chi connectivity index (χ0) is 41.2. The van der Waals surface area contributed by atoms with E-state index in [9.17, 15) is 37.5 Å². The number of likely N-dealkylation sites (tertiary alicyclic amines) is 1. The summed E-state index contributed by atoms with van der Waals surface area (Å²) in [5.74, 6) is -6.44. The van der Waals surface area contributed by atoms with E-state index >= 15 is 0 Å². The molecule has 16 nitrogen and oxygen atoms in total. The van der Waals surface area contributed by atoms with Gasteiger partial charge in [-0.3, -0.25) is 48.8 Å². The number of carbonyl (C=O) groups is 6. The Balaban J connectivity index is 0.756. The van der Waals surface area contributed by atoms with Crippen molar-refractivity contribution in [2.24, 2.45) is 17.3 Å². The quantitative estimate of drug-likeness (QED) is 0.115. The van der Waals surface area contributed by atoms with Crippen molar-refractivity contribution >= 4 is 46.8 Å². The number of alkyl halides is 2. The van der Waals surface area contributed by atoms with E-state index in [0.717, 1.165) is 10.5 Å². The van der Waals surface area contributed by atoms with E-state index in [-0.39, 0.29) is 86.6 Å². The number of nitrogens with zero attached hydrogens (tertiary/aromatic N) is 5. The third kappa shape index (κ3) is 6.54. The molecule has 2 aromatic heterocycles. The van der Waals surface area contributed by atoms with Crippen molar-refractivity contribution in [2.45, 2.75) is 57.0 Å². The van der Waals surface area contributed by atoms with E-state index in [1.54, 1.807) is 34.8 Å². The molecular formula is C41H41F2N9O7. The number of carbonyl (C=O) groups excluding carboxylic acids is 6. The summed E-state index contributed by atoms with van der Waals surface area (Å²) in [5.41, 5.74) is 2.27. The van der Waals surface area contributed by atoms with Gasteiger partial charge in [-0.1, -0.05) is 43.3 Å². The Morgan fingerprint density at radius 3 is 2.61 bits per heavy atom. The number of rotatable bonds is 13. The number of H-pyrrole nitrogens is 1. The highest BCUT2D eigenvalue weighted by molar-refractivity contribution is 6.25. The van der Waals surface area contributed by atoms with Crippen LogP contribution in [0.4, 0.5) is 20.2 Å². The molecule has 2 aromatic carbocycles. The van der Waals surface area contributed by atoms with Gasteiger partial charge in [0.05, 0.1) is 48.7 Å². The zero-order valence-electron chi connectivity index (χ0n) is 32.0. The number of piperidine rings is 1. The molecule has 9 rings (SSSR count). The SMILES string of the molecule is C[C@@]12Cc3[nH]nc(C(=O)Nc4cnn([C@H](c5ccccc5)C5CN(C(=O)CCOCCNc6cccc7c6C(=O)N(C6CCC(=O)NC6=O)C7=O)C5)c4)c3C[C@@H]1C2(F)F. The molecule has 6 amide bonds. The number of imide groups is 2. The average molecular weight is 810 g/mol. The van der Waals surface area contributed by atoms with E-state index in [0.29, 0.717) is 35.7 Å². The first-order valence-corrected chi connectivity index (χ1v) is 19.6. The van der Waals surface area contributed by atoms with Crippen molar-refractivity contribution in [1.82, 2.24) is 35.1 Å². The topological polar surface area (TPSA) is 201 Å². The third-order valence-electron chi connectivity index (χ3n) is 12.5. The number of anilines is 2. The predicted molar refractivity (Wildman–Crippen MR) is 204 cm³/mol. The van der Waals surface area contributed by atoms with Crippen LogP contribution < -0.4 is 16.0 Å². The summed E-state index contributed by atoms with van der Waals surface area (Å²) in [5, 5.41) is 19.7. The fourth-order valence-electron chi connectivity index (χ4n) is 9.09. The second-order valence-electron chi connectivity index (χ2n) is 16.0. The molecule has 5 aliphatic rings. The van der Waals surface area contributed by atoms with Crippen molar-refractivity contribution in [3.05, 3.63) is 94.6 Å². The monoisotopic (exact) mass is 809 g/mol. The summed E-state index contributed by atoms with van der Waals surface area (Å²) < 4.78 is 36.4. The largest absolute Gasteiger partial charge is 0.382 e. The summed E-state index contributed by atoms with van der Waals surface area (Å²) in [4.78, 5) is 79.6. The highest BCUT2D eigenvalue weighted by Gasteiger charge is 2.78. The van der Waals surface area contributed by atoms with E-state index in [1.165, 1.54) is 12.3 Å². The highest BCUT2D eigenvalue weighted by Crippen LogP contribution is 2.70. The molecule has 0 bridgehead atoms. The summed E-state index contributed by atoms with van der Waals surface area (Å²) in [7, 11) is 0. The molecule has 59 heavy (non-hydrogen) atoms. The van der Waals surface area contributed by atoms with Crippen LogP contribution in [-0.2, 0) is 32.0 Å². The van der Waals surface area contributed by atoms with E-state index in [4.69, 9.17) is 4.74 Å². The first kappa shape index (κ1) is 38.2. The summed E-state index contributed by atoms with van der Waals surface area (Å²) in [6.07, 6.45) is 3.74. The van der Waals surface area contributed by atoms with Gasteiger partial charge in [-0.25, -0.2) is 8.78 Å². The number of halogens is 2. The molecule has 0 radical (unpaired) electrons. The Morgan fingerprint density at radius 2 is 1.83 bits per heavy atom. The number of benzene rings is 2. The molecule has 5 heterocycles. The maximum absolute atomic E-state index is 14.4. The van der Waals surface area contributed by atoms with Gasteiger partial charge in [-0.2, -0.15) is 10.2 Å². The molecule has 18 heteroatoms. The van der Waals surface area contributed by atoms with E-state index in [2.05, 4.69) is 31.2 Å². The van der Waals surface area contributed by atoms with Gasteiger partial charge >= 0.3 is 0 Å². The van der Waals surface area contributed by atoms with Crippen LogP contribution in [0, 0.1) is 17.3 Å². The van der Waals surface area contributed by atoms with Crippen LogP contribution in [0.15, 0.2) is 60.9 Å². The molecule has 1 unspecified atom stereocenters. The number of fused-ring (bicyclic) bond motifs is 3. The van der Waals surface area contributed by atoms with Gasteiger partial charge in [0.15, 0.2) is 5.69 Å². The Morgan fingerprint density at radius 1 is 1.03 bits per heavy atom. The molecule has 3 fully saturated rings. The van der Waals surface area contributed by atoms with Crippen molar-refractivity contribution in [3.8, 4) is 0 Å². The number of amides is 6. The molecular weight excluding hydrogens is 769 g/mol. The van der Waals surface area contributed by atoms with Gasteiger partial charge in [0, 0.05) is 72.9 Å². The van der Waals surface area contributed by atoms with Gasteiger partial charge in [0.25, 0.3) is 23.6 Å². The Hall–Kier alpha value is -6.30. The summed E-state index contributed by atoms with van der Waals surface area (Å²) >= 11 is 0. The fraction of sp³-hybridized carbons (Fsp3) is 0.415. The lowest BCUT2D eigenvalue weighted by Crippen LogP contribution is -2.54. The number of ether oxygens (including phenoxy) is 1. The Labute approximate surface area is 336 Å². The van der Waals surface area contributed by atoms with Crippen molar-refractivity contribution in [2.75, 3.05) is 43.5 Å². The third-order valence-corrected chi connectivity index (χ3v) is 12.5. The first-order chi connectivity index (χ1) is 28.4. The van der Waals surface area contributed by atoms with Crippen LogP contribution in [0.2, 0.25) is 0 Å². The number of aromatic amines is 1.